The largest absolute Gasteiger partial charge is 0.325 e. The van der Waals surface area contributed by atoms with Crippen LogP contribution in [0.1, 0.15) is 37.7 Å². The van der Waals surface area contributed by atoms with Gasteiger partial charge in [0.25, 0.3) is 5.91 Å². The van der Waals surface area contributed by atoms with E-state index in [9.17, 15) is 18.4 Å². The minimum atomic E-state index is -0.737. The quantitative estimate of drug-likeness (QED) is 0.851. The summed E-state index contributed by atoms with van der Waals surface area (Å²) in [5, 5.41) is 2.70. The van der Waals surface area contributed by atoms with E-state index in [0.717, 1.165) is 19.3 Å². The average Bonchev–Trinajstić information content (AvgIpc) is 2.97. The number of rotatable bonds is 4. The molecule has 0 saturated heterocycles. The van der Waals surface area contributed by atoms with Gasteiger partial charge >= 0.3 is 0 Å². The number of nitrogens with zero attached hydrogens (tertiary/aromatic N) is 2. The van der Waals surface area contributed by atoms with E-state index in [0.29, 0.717) is 24.1 Å². The average molecular weight is 397 g/mol. The highest BCUT2D eigenvalue weighted by atomic mass is 19.1. The van der Waals surface area contributed by atoms with Gasteiger partial charge in [-0.3, -0.25) is 14.6 Å². The smallest absolute Gasteiger partial charge is 0.275 e. The summed E-state index contributed by atoms with van der Waals surface area (Å²) in [6, 6.07) is 11.1. The molecular formula is C22H21F2N3O2. The molecule has 1 fully saturated rings. The molecule has 5 nitrogen and oxygen atoms in total. The zero-order valence-electron chi connectivity index (χ0n) is 15.8. The van der Waals surface area contributed by atoms with Gasteiger partial charge in [-0.15, -0.1) is 0 Å². The molecule has 2 aromatic carbocycles. The fourth-order valence-electron chi connectivity index (χ4n) is 4.02. The van der Waals surface area contributed by atoms with E-state index < -0.39 is 11.5 Å². The lowest BCUT2D eigenvalue weighted by Gasteiger charge is -2.38. The van der Waals surface area contributed by atoms with E-state index in [2.05, 4.69) is 5.32 Å². The monoisotopic (exact) mass is 397 g/mol. The van der Waals surface area contributed by atoms with Crippen molar-refractivity contribution in [2.45, 2.75) is 37.8 Å². The lowest BCUT2D eigenvalue weighted by atomic mass is 9.88. The molecule has 7 heteroatoms. The highest BCUT2D eigenvalue weighted by Gasteiger charge is 2.48. The highest BCUT2D eigenvalue weighted by molar-refractivity contribution is 6.47. The molecule has 1 heterocycles. The van der Waals surface area contributed by atoms with Crippen LogP contribution in [-0.2, 0) is 9.59 Å². The van der Waals surface area contributed by atoms with Crippen molar-refractivity contribution < 1.29 is 18.4 Å². The molecule has 1 aliphatic heterocycles. The Morgan fingerprint density at radius 3 is 2.17 bits per heavy atom. The van der Waals surface area contributed by atoms with Crippen LogP contribution in [0.15, 0.2) is 53.5 Å². The maximum Gasteiger partial charge on any atom is 0.275 e. The molecule has 1 N–H and O–H groups in total. The molecule has 2 aliphatic rings. The van der Waals surface area contributed by atoms with E-state index in [1.165, 1.54) is 53.4 Å². The van der Waals surface area contributed by atoms with Crippen LogP contribution in [-0.4, -0.2) is 34.6 Å². The first-order valence-electron chi connectivity index (χ1n) is 9.70. The molecule has 150 valence electrons. The second-order valence-corrected chi connectivity index (χ2v) is 7.46. The number of anilines is 1. The number of hydrogen-bond donors (Lipinski definition) is 1. The van der Waals surface area contributed by atoms with Crippen molar-refractivity contribution in [1.29, 1.82) is 0 Å². The van der Waals surface area contributed by atoms with Gasteiger partial charge in [-0.05, 0) is 74.2 Å². The molecule has 1 saturated carbocycles. The molecule has 1 spiro atoms. The van der Waals surface area contributed by atoms with Crippen molar-refractivity contribution in [1.82, 2.24) is 4.90 Å². The minimum Gasteiger partial charge on any atom is -0.325 e. The molecule has 1 aliphatic carbocycles. The Kier molecular flexibility index (Phi) is 5.13. The summed E-state index contributed by atoms with van der Waals surface area (Å²) in [6.45, 7) is -0.148. The Balaban J connectivity index is 1.57. The predicted molar refractivity (Wildman–Crippen MR) is 105 cm³/mol. The number of nitrogens with one attached hydrogen (secondary N) is 1. The SMILES string of the molecule is O=C(CN1C(=O)C(c2ccc(F)cc2)=NC12CCCCC2)Nc1ccc(F)cc1. The highest BCUT2D eigenvalue weighted by Crippen LogP contribution is 2.39. The van der Waals surface area contributed by atoms with Crippen molar-refractivity contribution in [2.24, 2.45) is 4.99 Å². The van der Waals surface area contributed by atoms with Crippen molar-refractivity contribution in [3.05, 3.63) is 65.7 Å². The van der Waals surface area contributed by atoms with E-state index in [4.69, 9.17) is 4.99 Å². The fraction of sp³-hybridized carbons (Fsp3) is 0.318. The van der Waals surface area contributed by atoms with Crippen LogP contribution in [0.4, 0.5) is 14.5 Å². The molecular weight excluding hydrogens is 376 g/mol. The Hall–Kier alpha value is -3.09. The summed E-state index contributed by atoms with van der Waals surface area (Å²) in [6.07, 6.45) is 4.28. The van der Waals surface area contributed by atoms with Crippen LogP contribution in [0, 0.1) is 11.6 Å². The normalized spacial score (nSPS) is 18.1. The third-order valence-corrected chi connectivity index (χ3v) is 5.47. The van der Waals surface area contributed by atoms with Gasteiger partial charge in [0, 0.05) is 11.3 Å². The van der Waals surface area contributed by atoms with Crippen LogP contribution in [0.25, 0.3) is 0 Å². The summed E-state index contributed by atoms with van der Waals surface area (Å²) >= 11 is 0. The Bertz CT molecular complexity index is 949. The van der Waals surface area contributed by atoms with Gasteiger partial charge in [0.05, 0.1) is 0 Å². The van der Waals surface area contributed by atoms with Crippen molar-refractivity contribution in [2.75, 3.05) is 11.9 Å². The van der Waals surface area contributed by atoms with Gasteiger partial charge in [0.1, 0.15) is 29.6 Å². The van der Waals surface area contributed by atoms with Crippen LogP contribution < -0.4 is 5.32 Å². The zero-order chi connectivity index (χ0) is 20.4. The Morgan fingerprint density at radius 2 is 1.55 bits per heavy atom. The summed E-state index contributed by atoms with van der Waals surface area (Å²) in [5.41, 5.74) is 0.531. The van der Waals surface area contributed by atoms with Gasteiger partial charge in [-0.25, -0.2) is 8.78 Å². The molecule has 2 aromatic rings. The second kappa shape index (κ2) is 7.73. The summed E-state index contributed by atoms with van der Waals surface area (Å²) in [7, 11) is 0. The summed E-state index contributed by atoms with van der Waals surface area (Å²) < 4.78 is 26.4. The lowest BCUT2D eigenvalue weighted by Crippen LogP contribution is -2.51. The van der Waals surface area contributed by atoms with Gasteiger partial charge in [0.15, 0.2) is 0 Å². The van der Waals surface area contributed by atoms with Crippen LogP contribution in [0.5, 0.6) is 0 Å². The molecule has 0 radical (unpaired) electrons. The van der Waals surface area contributed by atoms with Crippen molar-refractivity contribution in [3.8, 4) is 0 Å². The molecule has 0 bridgehead atoms. The zero-order valence-corrected chi connectivity index (χ0v) is 15.8. The first-order valence-corrected chi connectivity index (χ1v) is 9.70. The molecule has 0 atom stereocenters. The van der Waals surface area contributed by atoms with E-state index in [-0.39, 0.29) is 29.9 Å². The topological polar surface area (TPSA) is 61.8 Å². The number of benzene rings is 2. The molecule has 0 unspecified atom stereocenters. The molecule has 29 heavy (non-hydrogen) atoms. The number of carbonyl (C=O) groups is 2. The summed E-state index contributed by atoms with van der Waals surface area (Å²) in [4.78, 5) is 32.1. The standard InChI is InChI=1S/C22H21F2N3O2/c23-16-6-4-15(5-7-16)20-21(29)27(22(26-20)12-2-1-3-13-22)14-19(28)25-18-10-8-17(24)9-11-18/h4-11H,1-3,12-14H2,(H,25,28). The maximum absolute atomic E-state index is 13.3. The molecule has 0 aromatic heterocycles. The second-order valence-electron chi connectivity index (χ2n) is 7.46. The van der Waals surface area contributed by atoms with E-state index in [1.54, 1.807) is 0 Å². The fourth-order valence-corrected chi connectivity index (χ4v) is 4.02. The number of hydrogen-bond acceptors (Lipinski definition) is 3. The molecule has 2 amide bonds. The van der Waals surface area contributed by atoms with Crippen LogP contribution in [0.2, 0.25) is 0 Å². The van der Waals surface area contributed by atoms with Gasteiger partial charge in [0.2, 0.25) is 5.91 Å². The van der Waals surface area contributed by atoms with Crippen LogP contribution in [0.3, 0.4) is 0 Å². The third-order valence-electron chi connectivity index (χ3n) is 5.47. The Labute approximate surface area is 167 Å². The number of halogens is 2. The first-order chi connectivity index (χ1) is 14.0. The number of amides is 2. The van der Waals surface area contributed by atoms with Crippen LogP contribution >= 0.6 is 0 Å². The van der Waals surface area contributed by atoms with E-state index in [1.807, 2.05) is 0 Å². The minimum absolute atomic E-state index is 0.148. The Morgan fingerprint density at radius 1 is 0.966 bits per heavy atom. The van der Waals surface area contributed by atoms with Gasteiger partial charge in [-0.1, -0.05) is 6.42 Å². The maximum atomic E-state index is 13.3. The van der Waals surface area contributed by atoms with Gasteiger partial charge < -0.3 is 10.2 Å². The van der Waals surface area contributed by atoms with Gasteiger partial charge in [-0.2, -0.15) is 0 Å². The first kappa shape index (κ1) is 19.2. The number of aliphatic imine (C=N–C) groups is 1. The van der Waals surface area contributed by atoms with Crippen molar-refractivity contribution >= 4 is 23.2 Å². The van der Waals surface area contributed by atoms with E-state index >= 15 is 0 Å². The number of carbonyl (C=O) groups excluding carboxylic acids is 2. The molecule has 4 rings (SSSR count). The van der Waals surface area contributed by atoms with Crippen molar-refractivity contribution in [3.63, 3.8) is 0 Å². The third kappa shape index (κ3) is 3.90. The lowest BCUT2D eigenvalue weighted by molar-refractivity contribution is -0.134. The predicted octanol–water partition coefficient (Wildman–Crippen LogP) is 3.90. The summed E-state index contributed by atoms with van der Waals surface area (Å²) in [5.74, 6) is -1.47.